The Kier molecular flexibility index (Phi) is 4.85. The van der Waals surface area contributed by atoms with Gasteiger partial charge in [-0.25, -0.2) is 13.8 Å². The van der Waals surface area contributed by atoms with Crippen LogP contribution in [0.25, 0.3) is 11.0 Å². The summed E-state index contributed by atoms with van der Waals surface area (Å²) in [6, 6.07) is 10.3. The summed E-state index contributed by atoms with van der Waals surface area (Å²) in [6.07, 6.45) is 3.55. The molecule has 2 atom stereocenters. The second-order valence-corrected chi connectivity index (χ2v) is 8.10. The maximum atomic E-state index is 13.7. The number of nitriles is 1. The minimum atomic E-state index is -0.940. The first-order valence-corrected chi connectivity index (χ1v) is 10.4. The molecule has 0 bridgehead atoms. The zero-order valence-electron chi connectivity index (χ0n) is 17.7. The van der Waals surface area contributed by atoms with Crippen molar-refractivity contribution in [1.29, 1.82) is 5.26 Å². The van der Waals surface area contributed by atoms with E-state index in [0.717, 1.165) is 23.4 Å². The van der Waals surface area contributed by atoms with Gasteiger partial charge in [0.2, 0.25) is 12.2 Å². The zero-order chi connectivity index (χ0) is 22.4. The number of aryl methyl sites for hydroxylation is 1. The summed E-state index contributed by atoms with van der Waals surface area (Å²) in [7, 11) is 0. The minimum Gasteiger partial charge on any atom is -0.351 e. The molecule has 1 aromatic heterocycles. The van der Waals surface area contributed by atoms with Gasteiger partial charge in [-0.3, -0.25) is 4.98 Å². The first-order chi connectivity index (χ1) is 15.5. The van der Waals surface area contributed by atoms with Gasteiger partial charge < -0.3 is 14.7 Å². The largest absolute Gasteiger partial charge is 0.351 e. The molecule has 2 saturated heterocycles. The van der Waals surface area contributed by atoms with Crippen LogP contribution in [-0.2, 0) is 0 Å². The molecule has 2 unspecified atom stereocenters. The Morgan fingerprint density at radius 3 is 2.62 bits per heavy atom. The number of aliphatic imine (C=N–C) groups is 1. The van der Waals surface area contributed by atoms with E-state index in [4.69, 9.17) is 0 Å². The number of hydrogen-bond donors (Lipinski definition) is 0. The fraction of sp³-hybridized carbons (Fsp3) is 0.304. The fourth-order valence-electron chi connectivity index (χ4n) is 4.65. The molecule has 9 heteroatoms. The van der Waals surface area contributed by atoms with E-state index in [-0.39, 0.29) is 12.1 Å². The van der Waals surface area contributed by atoms with E-state index in [1.165, 1.54) is 0 Å². The molecule has 162 valence electrons. The zero-order valence-corrected chi connectivity index (χ0v) is 17.7. The summed E-state index contributed by atoms with van der Waals surface area (Å²) in [4.78, 5) is 19.4. The van der Waals surface area contributed by atoms with Crippen LogP contribution in [0, 0.1) is 30.0 Å². The van der Waals surface area contributed by atoms with Gasteiger partial charge in [0.05, 0.1) is 29.3 Å². The van der Waals surface area contributed by atoms with E-state index in [1.807, 2.05) is 37.4 Å². The molecule has 3 aromatic rings. The lowest BCUT2D eigenvalue weighted by molar-refractivity contribution is 0.288. The topological polar surface area (TPSA) is 71.7 Å². The number of benzene rings is 2. The second-order valence-electron chi connectivity index (χ2n) is 8.10. The molecule has 32 heavy (non-hydrogen) atoms. The molecule has 0 aliphatic carbocycles. The van der Waals surface area contributed by atoms with Crippen molar-refractivity contribution in [2.24, 2.45) is 4.99 Å². The number of halogens is 2. The molecule has 7 nitrogen and oxygen atoms in total. The van der Waals surface area contributed by atoms with Crippen molar-refractivity contribution in [1.82, 2.24) is 14.9 Å². The van der Waals surface area contributed by atoms with E-state index in [0.29, 0.717) is 42.4 Å². The van der Waals surface area contributed by atoms with Gasteiger partial charge in [-0.2, -0.15) is 5.26 Å². The molecule has 2 aromatic carbocycles. The Bertz CT molecular complexity index is 1270. The van der Waals surface area contributed by atoms with Gasteiger partial charge in [0.1, 0.15) is 5.82 Å². The van der Waals surface area contributed by atoms with Crippen molar-refractivity contribution in [3.8, 4) is 6.19 Å². The van der Waals surface area contributed by atoms with E-state index in [2.05, 4.69) is 36.6 Å². The summed E-state index contributed by atoms with van der Waals surface area (Å²) in [5, 5.41) is 9.33. The summed E-state index contributed by atoms with van der Waals surface area (Å²) in [5.41, 5.74) is 2.76. The number of hydrogen-bond acceptors (Lipinski definition) is 5. The second kappa shape index (κ2) is 7.71. The summed E-state index contributed by atoms with van der Waals surface area (Å²) >= 11 is 0. The Labute approximate surface area is 184 Å². The van der Waals surface area contributed by atoms with Crippen LogP contribution in [-0.4, -0.2) is 52.5 Å². The monoisotopic (exact) mass is 433 g/mol. The SMILES string of the molecule is Cc1ccccc1N1C(=NC#N)N2CCN(c3cnc4cc(F)c(F)cc4n3)CC2C1C. The molecule has 0 saturated carbocycles. The van der Waals surface area contributed by atoms with E-state index < -0.39 is 11.6 Å². The molecule has 2 fully saturated rings. The molecule has 3 heterocycles. The Hall–Kier alpha value is -3.80. The standard InChI is InChI=1S/C23H21F2N7/c1-14-5-3-4-6-20(14)32-15(2)21-12-30(7-8-31(21)23(32)28-13-26)22-11-27-18-9-16(24)17(25)10-19(18)29-22/h3-6,9-11,15,21H,7-8,12H2,1-2H3. The highest BCUT2D eigenvalue weighted by Crippen LogP contribution is 2.34. The third-order valence-corrected chi connectivity index (χ3v) is 6.28. The number of aromatic nitrogens is 2. The molecule has 2 aliphatic rings. The normalized spacial score (nSPS) is 21.8. The van der Waals surface area contributed by atoms with Gasteiger partial charge in [-0.1, -0.05) is 18.2 Å². The quantitative estimate of drug-likeness (QED) is 0.577. The van der Waals surface area contributed by atoms with Crippen LogP contribution in [0.2, 0.25) is 0 Å². The number of para-hydroxylation sites is 1. The average molecular weight is 433 g/mol. The number of nitrogens with zero attached hydrogens (tertiary/aromatic N) is 7. The number of rotatable bonds is 2. The number of piperazine rings is 1. The molecule has 5 rings (SSSR count). The Balaban J connectivity index is 1.47. The van der Waals surface area contributed by atoms with Gasteiger partial charge in [0, 0.05) is 37.5 Å². The third kappa shape index (κ3) is 3.19. The van der Waals surface area contributed by atoms with Crippen molar-refractivity contribution in [3.63, 3.8) is 0 Å². The number of guanidine groups is 1. The Morgan fingerprint density at radius 1 is 1.12 bits per heavy atom. The van der Waals surface area contributed by atoms with Gasteiger partial charge in [-0.15, -0.1) is 4.99 Å². The maximum absolute atomic E-state index is 13.7. The smallest absolute Gasteiger partial charge is 0.217 e. The van der Waals surface area contributed by atoms with Crippen molar-refractivity contribution in [2.75, 3.05) is 29.4 Å². The minimum absolute atomic E-state index is 0.0611. The summed E-state index contributed by atoms with van der Waals surface area (Å²) in [5.74, 6) is -0.609. The van der Waals surface area contributed by atoms with Crippen molar-refractivity contribution in [2.45, 2.75) is 25.9 Å². The van der Waals surface area contributed by atoms with Crippen LogP contribution < -0.4 is 9.80 Å². The maximum Gasteiger partial charge on any atom is 0.217 e. The highest BCUT2D eigenvalue weighted by molar-refractivity contribution is 6.00. The van der Waals surface area contributed by atoms with E-state index in [1.54, 1.807) is 6.20 Å². The average Bonchev–Trinajstić information content (AvgIpc) is 3.06. The lowest BCUT2D eigenvalue weighted by Gasteiger charge is -2.38. The van der Waals surface area contributed by atoms with Gasteiger partial charge in [0.25, 0.3) is 0 Å². The Morgan fingerprint density at radius 2 is 1.88 bits per heavy atom. The fourth-order valence-corrected chi connectivity index (χ4v) is 4.65. The van der Waals surface area contributed by atoms with Crippen LogP contribution in [0.5, 0.6) is 0 Å². The van der Waals surface area contributed by atoms with Gasteiger partial charge in [0.15, 0.2) is 11.6 Å². The molecule has 2 aliphatic heterocycles. The lowest BCUT2D eigenvalue weighted by atomic mass is 10.1. The third-order valence-electron chi connectivity index (χ3n) is 6.28. The van der Waals surface area contributed by atoms with Crippen molar-refractivity contribution >= 4 is 28.5 Å². The van der Waals surface area contributed by atoms with Crippen molar-refractivity contribution in [3.05, 3.63) is 59.8 Å². The van der Waals surface area contributed by atoms with Crippen LogP contribution in [0.1, 0.15) is 12.5 Å². The first kappa shape index (κ1) is 20.1. The lowest BCUT2D eigenvalue weighted by Crippen LogP contribution is -2.54. The number of anilines is 2. The van der Waals surface area contributed by atoms with E-state index in [9.17, 15) is 14.0 Å². The molecule has 0 amide bonds. The van der Waals surface area contributed by atoms with Crippen LogP contribution >= 0.6 is 0 Å². The van der Waals surface area contributed by atoms with Crippen molar-refractivity contribution < 1.29 is 8.78 Å². The van der Waals surface area contributed by atoms with Crippen LogP contribution in [0.4, 0.5) is 20.3 Å². The summed E-state index contributed by atoms with van der Waals surface area (Å²) < 4.78 is 27.2. The molecular formula is C23H21F2N7. The molecule has 0 radical (unpaired) electrons. The highest BCUT2D eigenvalue weighted by Gasteiger charge is 2.45. The van der Waals surface area contributed by atoms with Gasteiger partial charge in [-0.05, 0) is 25.5 Å². The van der Waals surface area contributed by atoms with Crippen LogP contribution in [0.3, 0.4) is 0 Å². The number of fused-ring (bicyclic) bond motifs is 2. The first-order valence-electron chi connectivity index (χ1n) is 10.4. The predicted molar refractivity (Wildman–Crippen MR) is 118 cm³/mol. The predicted octanol–water partition coefficient (Wildman–Crippen LogP) is 3.45. The summed E-state index contributed by atoms with van der Waals surface area (Å²) in [6.45, 7) is 6.09. The molecule has 0 spiro atoms. The van der Waals surface area contributed by atoms with E-state index >= 15 is 0 Å². The molecule has 0 N–H and O–H groups in total. The molecular weight excluding hydrogens is 412 g/mol. The highest BCUT2D eigenvalue weighted by atomic mass is 19.2. The van der Waals surface area contributed by atoms with Gasteiger partial charge >= 0.3 is 0 Å². The van der Waals surface area contributed by atoms with Crippen LogP contribution in [0.15, 0.2) is 47.6 Å².